The molecule has 1 atom stereocenters. The number of carbonyl (C=O) groups is 2. The lowest BCUT2D eigenvalue weighted by molar-refractivity contribution is -0.142. The van der Waals surface area contributed by atoms with Gasteiger partial charge in [-0.25, -0.2) is 9.59 Å². The van der Waals surface area contributed by atoms with Crippen LogP contribution in [-0.2, 0) is 16.0 Å². The number of hydrogen-bond acceptors (Lipinski definition) is 4. The van der Waals surface area contributed by atoms with Crippen LogP contribution >= 0.6 is 22.6 Å². The molecule has 1 rings (SSSR count). The van der Waals surface area contributed by atoms with Crippen molar-refractivity contribution in [2.45, 2.75) is 38.8 Å². The molecule has 122 valence electrons. The zero-order valence-electron chi connectivity index (χ0n) is 13.0. The number of carbonyl (C=O) groups excluding carboxylic acids is 1. The highest BCUT2D eigenvalue weighted by atomic mass is 127. The minimum atomic E-state index is -1.11. The molecule has 6 nitrogen and oxygen atoms in total. The highest BCUT2D eigenvalue weighted by Gasteiger charge is 2.30. The number of hydrogen-bond donors (Lipinski definition) is 2. The van der Waals surface area contributed by atoms with E-state index in [1.807, 2.05) is 22.6 Å². The molecule has 0 saturated carbocycles. The van der Waals surface area contributed by atoms with Gasteiger partial charge in [-0.1, -0.05) is 6.07 Å². The Labute approximate surface area is 143 Å². The van der Waals surface area contributed by atoms with Crippen LogP contribution in [0.4, 0.5) is 4.79 Å². The maximum absolute atomic E-state index is 12.0. The summed E-state index contributed by atoms with van der Waals surface area (Å²) >= 11 is 1.96. The predicted octanol–water partition coefficient (Wildman–Crippen LogP) is 2.86. The highest BCUT2D eigenvalue weighted by Crippen LogP contribution is 2.22. The molecule has 1 aromatic carbocycles. The topological polar surface area (TPSA) is 87.1 Å². The quantitative estimate of drug-likeness (QED) is 0.731. The molecule has 0 saturated heterocycles. The van der Waals surface area contributed by atoms with Gasteiger partial charge in [0.05, 0.1) is 3.57 Å². The fourth-order valence-electron chi connectivity index (χ4n) is 1.75. The van der Waals surface area contributed by atoms with E-state index in [4.69, 9.17) is 4.74 Å². The molecule has 0 unspecified atom stereocenters. The smallest absolute Gasteiger partial charge is 0.410 e. The molecule has 7 heteroatoms. The summed E-state index contributed by atoms with van der Waals surface area (Å²) in [6.07, 6.45) is -0.560. The molecule has 0 fully saturated rings. The van der Waals surface area contributed by atoms with Crippen LogP contribution in [0.25, 0.3) is 0 Å². The van der Waals surface area contributed by atoms with E-state index in [0.29, 0.717) is 9.13 Å². The number of ether oxygens (including phenoxy) is 1. The Morgan fingerprint density at radius 1 is 1.36 bits per heavy atom. The van der Waals surface area contributed by atoms with Crippen LogP contribution in [0.5, 0.6) is 5.75 Å². The molecule has 0 bridgehead atoms. The molecular formula is C15H20INO5. The van der Waals surface area contributed by atoms with Gasteiger partial charge in [-0.05, 0) is 61.1 Å². The summed E-state index contributed by atoms with van der Waals surface area (Å²) in [6.45, 7) is 5.16. The largest absolute Gasteiger partial charge is 0.507 e. The summed E-state index contributed by atoms with van der Waals surface area (Å²) in [5.74, 6) is -0.979. The van der Waals surface area contributed by atoms with Gasteiger partial charge in [0, 0.05) is 13.5 Å². The summed E-state index contributed by atoms with van der Waals surface area (Å²) in [4.78, 5) is 24.6. The molecule has 0 aromatic heterocycles. The molecule has 0 aliphatic rings. The van der Waals surface area contributed by atoms with Gasteiger partial charge in [0.2, 0.25) is 0 Å². The van der Waals surface area contributed by atoms with Crippen LogP contribution in [0.15, 0.2) is 18.2 Å². The lowest BCUT2D eigenvalue weighted by atomic mass is 10.1. The maximum Gasteiger partial charge on any atom is 0.410 e. The summed E-state index contributed by atoms with van der Waals surface area (Å²) in [5.41, 5.74) is 0.0208. The van der Waals surface area contributed by atoms with Gasteiger partial charge in [-0.3, -0.25) is 4.90 Å². The first-order chi connectivity index (χ1) is 10.0. The van der Waals surface area contributed by atoms with Gasteiger partial charge in [-0.2, -0.15) is 0 Å². The minimum absolute atomic E-state index is 0.126. The van der Waals surface area contributed by atoms with Gasteiger partial charge in [0.1, 0.15) is 17.4 Å². The van der Waals surface area contributed by atoms with E-state index in [0.717, 1.165) is 4.90 Å². The summed E-state index contributed by atoms with van der Waals surface area (Å²) in [5, 5.41) is 18.9. The number of carboxylic acids is 1. The van der Waals surface area contributed by atoms with Crippen LogP contribution in [0.2, 0.25) is 0 Å². The molecule has 0 radical (unpaired) electrons. The van der Waals surface area contributed by atoms with Crippen molar-refractivity contribution in [2.24, 2.45) is 0 Å². The first kappa shape index (κ1) is 18.5. The van der Waals surface area contributed by atoms with Crippen LogP contribution < -0.4 is 0 Å². The van der Waals surface area contributed by atoms with Crippen molar-refractivity contribution in [2.75, 3.05) is 7.05 Å². The van der Waals surface area contributed by atoms with Crippen molar-refractivity contribution in [1.29, 1.82) is 0 Å². The standard InChI is InChI=1S/C15H20INO5/c1-15(2,3)22-14(21)17(4)11(13(19)20)8-9-5-6-12(18)10(16)7-9/h5-7,11,18H,8H2,1-4H3,(H,19,20)/t11-/m1/s1. The number of likely N-dealkylation sites (N-methyl/N-ethyl adjacent to an activating group) is 1. The van der Waals surface area contributed by atoms with E-state index in [1.165, 1.54) is 13.1 Å². The molecule has 2 N–H and O–H groups in total. The second-order valence-corrected chi connectivity index (χ2v) is 7.10. The van der Waals surface area contributed by atoms with Gasteiger partial charge in [0.25, 0.3) is 0 Å². The van der Waals surface area contributed by atoms with Gasteiger partial charge in [-0.15, -0.1) is 0 Å². The number of phenolic OH excluding ortho intramolecular Hbond substituents is 1. The third-order valence-electron chi connectivity index (χ3n) is 2.88. The van der Waals surface area contributed by atoms with Crippen molar-refractivity contribution in [3.05, 3.63) is 27.3 Å². The Hall–Kier alpha value is -1.51. The first-order valence-electron chi connectivity index (χ1n) is 6.67. The molecule has 0 aliphatic heterocycles. The van der Waals surface area contributed by atoms with Crippen molar-refractivity contribution < 1.29 is 24.5 Å². The minimum Gasteiger partial charge on any atom is -0.507 e. The molecule has 1 aromatic rings. The number of halogens is 1. The van der Waals surface area contributed by atoms with Crippen molar-refractivity contribution in [3.8, 4) is 5.75 Å². The number of carboxylic acid groups (broad SMARTS) is 1. The summed E-state index contributed by atoms with van der Waals surface area (Å²) in [6, 6.07) is 3.78. The Kier molecular flexibility index (Phi) is 6.04. The Balaban J connectivity index is 2.91. The van der Waals surface area contributed by atoms with Crippen molar-refractivity contribution >= 4 is 34.7 Å². The van der Waals surface area contributed by atoms with Gasteiger partial charge in [0.15, 0.2) is 0 Å². The summed E-state index contributed by atoms with van der Waals surface area (Å²) < 4.78 is 5.82. The van der Waals surface area contributed by atoms with Crippen molar-refractivity contribution in [1.82, 2.24) is 4.90 Å². The van der Waals surface area contributed by atoms with E-state index in [9.17, 15) is 19.8 Å². The van der Waals surface area contributed by atoms with E-state index in [2.05, 4.69) is 0 Å². The average molecular weight is 421 g/mol. The second kappa shape index (κ2) is 7.17. The zero-order chi connectivity index (χ0) is 17.1. The van der Waals surface area contributed by atoms with Crippen LogP contribution in [0.3, 0.4) is 0 Å². The number of phenols is 1. The fourth-order valence-corrected chi connectivity index (χ4v) is 2.33. The Morgan fingerprint density at radius 3 is 2.41 bits per heavy atom. The molecule has 0 heterocycles. The third kappa shape index (κ3) is 5.36. The number of nitrogens with zero attached hydrogens (tertiary/aromatic N) is 1. The Bertz CT molecular complexity index is 568. The zero-order valence-corrected chi connectivity index (χ0v) is 15.1. The number of amides is 1. The van der Waals surface area contributed by atoms with E-state index in [1.54, 1.807) is 32.9 Å². The summed E-state index contributed by atoms with van der Waals surface area (Å²) in [7, 11) is 1.40. The lowest BCUT2D eigenvalue weighted by Gasteiger charge is -2.28. The van der Waals surface area contributed by atoms with Crippen LogP contribution in [0.1, 0.15) is 26.3 Å². The SMILES string of the molecule is CN(C(=O)OC(C)(C)C)[C@H](Cc1ccc(O)c(I)c1)C(=O)O. The normalized spacial score (nSPS) is 12.6. The van der Waals surface area contributed by atoms with Gasteiger partial charge < -0.3 is 14.9 Å². The monoisotopic (exact) mass is 421 g/mol. The first-order valence-corrected chi connectivity index (χ1v) is 7.75. The Morgan fingerprint density at radius 2 is 1.95 bits per heavy atom. The highest BCUT2D eigenvalue weighted by molar-refractivity contribution is 14.1. The lowest BCUT2D eigenvalue weighted by Crippen LogP contribution is -2.46. The average Bonchev–Trinajstić information content (AvgIpc) is 2.36. The number of benzene rings is 1. The van der Waals surface area contributed by atoms with Crippen molar-refractivity contribution in [3.63, 3.8) is 0 Å². The predicted molar refractivity (Wildman–Crippen MR) is 89.9 cm³/mol. The number of rotatable bonds is 4. The molecule has 22 heavy (non-hydrogen) atoms. The number of aromatic hydroxyl groups is 1. The molecular weight excluding hydrogens is 401 g/mol. The molecule has 0 spiro atoms. The third-order valence-corrected chi connectivity index (χ3v) is 3.74. The molecule has 0 aliphatic carbocycles. The van der Waals surface area contributed by atoms with E-state index >= 15 is 0 Å². The number of aliphatic carboxylic acids is 1. The maximum atomic E-state index is 12.0. The van der Waals surface area contributed by atoms with E-state index < -0.39 is 23.7 Å². The fraction of sp³-hybridized carbons (Fsp3) is 0.467. The molecule has 1 amide bonds. The van der Waals surface area contributed by atoms with Crippen LogP contribution in [-0.4, -0.2) is 45.9 Å². The van der Waals surface area contributed by atoms with Crippen LogP contribution in [0, 0.1) is 3.57 Å². The van der Waals surface area contributed by atoms with Gasteiger partial charge >= 0.3 is 12.1 Å². The van der Waals surface area contributed by atoms with E-state index in [-0.39, 0.29) is 12.2 Å². The second-order valence-electron chi connectivity index (χ2n) is 5.94.